The molecule has 0 aromatic heterocycles. The maximum absolute atomic E-state index is 12.5. The van der Waals surface area contributed by atoms with E-state index in [2.05, 4.69) is 4.72 Å². The summed E-state index contributed by atoms with van der Waals surface area (Å²) in [4.78, 5) is 0.268. The summed E-state index contributed by atoms with van der Waals surface area (Å²) < 4.78 is 27.7. The molecule has 1 aliphatic carbocycles. The van der Waals surface area contributed by atoms with Crippen molar-refractivity contribution in [1.82, 2.24) is 4.72 Å². The number of hydrogen-bond donors (Lipinski definition) is 2. The quantitative estimate of drug-likeness (QED) is 0.890. The maximum Gasteiger partial charge on any atom is 0.241 e. The normalized spacial score (nSPS) is 17.9. The predicted molar refractivity (Wildman–Crippen MR) is 87.1 cm³/mol. The van der Waals surface area contributed by atoms with Crippen LogP contribution in [0.5, 0.6) is 0 Å². The van der Waals surface area contributed by atoms with Gasteiger partial charge in [-0.25, -0.2) is 13.1 Å². The van der Waals surface area contributed by atoms with Crippen LogP contribution >= 0.6 is 0 Å². The summed E-state index contributed by atoms with van der Waals surface area (Å²) in [5.41, 5.74) is 0. The van der Waals surface area contributed by atoms with Crippen LogP contribution in [0.3, 0.4) is 0 Å². The molecule has 0 spiro atoms. The Balaban J connectivity index is 1.79. The van der Waals surface area contributed by atoms with Crippen LogP contribution in [0.1, 0.15) is 25.7 Å². The van der Waals surface area contributed by atoms with E-state index in [1.165, 1.54) is 0 Å². The van der Waals surface area contributed by atoms with E-state index in [9.17, 15) is 13.5 Å². The van der Waals surface area contributed by atoms with Crippen LogP contribution in [0.25, 0.3) is 10.8 Å². The van der Waals surface area contributed by atoms with Crippen molar-refractivity contribution in [2.45, 2.75) is 36.7 Å². The molecule has 22 heavy (non-hydrogen) atoms. The first-order valence-corrected chi connectivity index (χ1v) is 9.22. The Bertz CT molecular complexity index is 746. The maximum atomic E-state index is 12.5. The van der Waals surface area contributed by atoms with Gasteiger partial charge in [-0.3, -0.25) is 0 Å². The summed E-state index contributed by atoms with van der Waals surface area (Å²) in [5.74, 6) is 0.218. The van der Waals surface area contributed by atoms with Crippen molar-refractivity contribution in [2.24, 2.45) is 5.92 Å². The molecule has 5 heteroatoms. The third kappa shape index (κ3) is 3.16. The molecule has 2 N–H and O–H groups in total. The zero-order valence-corrected chi connectivity index (χ0v) is 13.2. The number of nitrogens with one attached hydrogen (secondary N) is 1. The Hall–Kier alpha value is -1.43. The highest BCUT2D eigenvalue weighted by Crippen LogP contribution is 2.28. The third-order valence-electron chi connectivity index (χ3n) is 4.47. The standard InChI is InChI=1S/C17H21NO3S/c19-16(14-7-1-2-8-14)12-18-22(20,21)17-11-5-9-13-6-3-4-10-15(13)17/h3-6,9-11,14,16,18-19H,1-2,7-8,12H2. The van der Waals surface area contributed by atoms with E-state index in [4.69, 9.17) is 0 Å². The van der Waals surface area contributed by atoms with Crippen molar-refractivity contribution in [1.29, 1.82) is 0 Å². The van der Waals surface area contributed by atoms with Crippen LogP contribution in [-0.2, 0) is 10.0 Å². The molecule has 2 aromatic carbocycles. The van der Waals surface area contributed by atoms with Crippen molar-refractivity contribution in [3.8, 4) is 0 Å². The van der Waals surface area contributed by atoms with Crippen LogP contribution in [0, 0.1) is 5.92 Å². The summed E-state index contributed by atoms with van der Waals surface area (Å²) >= 11 is 0. The smallest absolute Gasteiger partial charge is 0.241 e. The lowest BCUT2D eigenvalue weighted by molar-refractivity contribution is 0.115. The highest BCUT2D eigenvalue weighted by Gasteiger charge is 2.25. The Morgan fingerprint density at radius 2 is 1.77 bits per heavy atom. The Morgan fingerprint density at radius 1 is 1.09 bits per heavy atom. The fourth-order valence-corrected chi connectivity index (χ4v) is 4.49. The van der Waals surface area contributed by atoms with Gasteiger partial charge >= 0.3 is 0 Å². The van der Waals surface area contributed by atoms with Crippen molar-refractivity contribution in [3.63, 3.8) is 0 Å². The predicted octanol–water partition coefficient (Wildman–Crippen LogP) is 2.67. The molecule has 1 saturated carbocycles. The minimum absolute atomic E-state index is 0.0796. The van der Waals surface area contributed by atoms with Gasteiger partial charge in [-0.15, -0.1) is 0 Å². The molecule has 0 amide bonds. The lowest BCUT2D eigenvalue weighted by Crippen LogP contribution is -2.35. The number of aliphatic hydroxyl groups is 1. The second kappa shape index (κ2) is 6.36. The van der Waals surface area contributed by atoms with Gasteiger partial charge in [-0.2, -0.15) is 0 Å². The summed E-state index contributed by atoms with van der Waals surface area (Å²) in [5, 5.41) is 11.7. The second-order valence-corrected chi connectivity index (χ2v) is 7.68. The molecule has 118 valence electrons. The minimum Gasteiger partial charge on any atom is -0.391 e. The largest absolute Gasteiger partial charge is 0.391 e. The van der Waals surface area contributed by atoms with E-state index in [1.807, 2.05) is 24.3 Å². The van der Waals surface area contributed by atoms with Crippen molar-refractivity contribution >= 4 is 20.8 Å². The van der Waals surface area contributed by atoms with Crippen LogP contribution in [-0.4, -0.2) is 26.2 Å². The molecule has 0 bridgehead atoms. The van der Waals surface area contributed by atoms with Gasteiger partial charge in [-0.05, 0) is 30.2 Å². The number of hydrogen-bond acceptors (Lipinski definition) is 3. The number of benzene rings is 2. The average molecular weight is 319 g/mol. The monoisotopic (exact) mass is 319 g/mol. The fraction of sp³-hybridized carbons (Fsp3) is 0.412. The molecule has 1 atom stereocenters. The Morgan fingerprint density at radius 3 is 2.55 bits per heavy atom. The first-order chi connectivity index (χ1) is 10.6. The van der Waals surface area contributed by atoms with E-state index in [0.29, 0.717) is 5.39 Å². The highest BCUT2D eigenvalue weighted by molar-refractivity contribution is 7.89. The SMILES string of the molecule is O=S(=O)(NCC(O)C1CCCC1)c1cccc2ccccc12. The fourth-order valence-electron chi connectivity index (χ4n) is 3.21. The van der Waals surface area contributed by atoms with Crippen molar-refractivity contribution in [3.05, 3.63) is 42.5 Å². The Kier molecular flexibility index (Phi) is 4.47. The molecule has 1 fully saturated rings. The lowest BCUT2D eigenvalue weighted by Gasteiger charge is -2.18. The molecule has 1 unspecified atom stereocenters. The van der Waals surface area contributed by atoms with E-state index in [0.717, 1.165) is 31.1 Å². The lowest BCUT2D eigenvalue weighted by atomic mass is 10.0. The molecule has 3 rings (SSSR count). The number of rotatable bonds is 5. The average Bonchev–Trinajstić information content (AvgIpc) is 3.06. The summed E-state index contributed by atoms with van der Waals surface area (Å²) in [6.07, 6.45) is 3.61. The van der Waals surface area contributed by atoms with Crippen LogP contribution in [0.15, 0.2) is 47.4 Å². The van der Waals surface area contributed by atoms with Crippen LogP contribution in [0.4, 0.5) is 0 Å². The Labute approximate surface area is 131 Å². The van der Waals surface area contributed by atoms with Gasteiger partial charge in [-0.1, -0.05) is 49.2 Å². The van der Waals surface area contributed by atoms with Crippen molar-refractivity contribution in [2.75, 3.05) is 6.54 Å². The second-order valence-electron chi connectivity index (χ2n) is 5.94. The number of fused-ring (bicyclic) bond motifs is 1. The van der Waals surface area contributed by atoms with Crippen molar-refractivity contribution < 1.29 is 13.5 Å². The van der Waals surface area contributed by atoms with E-state index < -0.39 is 16.1 Å². The van der Waals surface area contributed by atoms with Gasteiger partial charge in [0.15, 0.2) is 0 Å². The molecular weight excluding hydrogens is 298 g/mol. The molecule has 1 aliphatic rings. The van der Waals surface area contributed by atoms with Crippen LogP contribution in [0.2, 0.25) is 0 Å². The third-order valence-corrected chi connectivity index (χ3v) is 5.95. The van der Waals surface area contributed by atoms with Gasteiger partial charge < -0.3 is 5.11 Å². The number of sulfonamides is 1. The van der Waals surface area contributed by atoms with Gasteiger partial charge in [0.25, 0.3) is 0 Å². The van der Waals surface area contributed by atoms with Gasteiger partial charge in [0.05, 0.1) is 11.0 Å². The molecule has 2 aromatic rings. The van der Waals surface area contributed by atoms with Gasteiger partial charge in [0.1, 0.15) is 0 Å². The molecule has 0 aliphatic heterocycles. The minimum atomic E-state index is -3.62. The van der Waals surface area contributed by atoms with Gasteiger partial charge in [0, 0.05) is 11.9 Å². The molecule has 4 nitrogen and oxygen atoms in total. The zero-order valence-electron chi connectivity index (χ0n) is 12.4. The first kappa shape index (κ1) is 15.5. The molecule has 0 radical (unpaired) electrons. The van der Waals surface area contributed by atoms with Crippen LogP contribution < -0.4 is 4.72 Å². The number of aliphatic hydroxyl groups excluding tert-OH is 1. The molecule has 0 heterocycles. The molecule has 0 saturated heterocycles. The van der Waals surface area contributed by atoms with E-state index >= 15 is 0 Å². The van der Waals surface area contributed by atoms with E-state index in [-0.39, 0.29) is 17.4 Å². The first-order valence-electron chi connectivity index (χ1n) is 7.73. The highest BCUT2D eigenvalue weighted by atomic mass is 32.2. The molecular formula is C17H21NO3S. The zero-order chi connectivity index (χ0) is 15.6. The van der Waals surface area contributed by atoms with Gasteiger partial charge in [0.2, 0.25) is 10.0 Å². The summed E-state index contributed by atoms with van der Waals surface area (Å²) in [6.45, 7) is 0.0796. The topological polar surface area (TPSA) is 66.4 Å². The van der Waals surface area contributed by atoms with E-state index in [1.54, 1.807) is 18.2 Å². The summed E-state index contributed by atoms with van der Waals surface area (Å²) in [7, 11) is -3.62. The summed E-state index contributed by atoms with van der Waals surface area (Å²) in [6, 6.07) is 12.6.